The van der Waals surface area contributed by atoms with Gasteiger partial charge in [-0.15, -0.1) is 0 Å². The van der Waals surface area contributed by atoms with E-state index in [-0.39, 0.29) is 11.9 Å². The summed E-state index contributed by atoms with van der Waals surface area (Å²) in [6.07, 6.45) is 5.18. The Morgan fingerprint density at radius 3 is 3.36 bits per heavy atom. The SMILES string of the molecule is O=C(NCCCSCc1ccco1)C1NCCc2[nH]cnc21. The van der Waals surface area contributed by atoms with E-state index in [4.69, 9.17) is 4.42 Å². The van der Waals surface area contributed by atoms with Gasteiger partial charge in [0.1, 0.15) is 11.8 Å². The molecule has 118 valence electrons. The minimum atomic E-state index is -0.328. The molecule has 2 aromatic heterocycles. The molecule has 6 nitrogen and oxygen atoms in total. The molecule has 0 aromatic carbocycles. The highest BCUT2D eigenvalue weighted by Crippen LogP contribution is 2.19. The highest BCUT2D eigenvalue weighted by Gasteiger charge is 2.27. The monoisotopic (exact) mass is 320 g/mol. The van der Waals surface area contributed by atoms with E-state index >= 15 is 0 Å². The van der Waals surface area contributed by atoms with E-state index in [1.54, 1.807) is 12.6 Å². The zero-order valence-electron chi connectivity index (χ0n) is 12.3. The molecule has 3 rings (SSSR count). The third kappa shape index (κ3) is 3.72. The number of furan rings is 1. The summed E-state index contributed by atoms with van der Waals surface area (Å²) in [5.41, 5.74) is 1.89. The Morgan fingerprint density at radius 1 is 1.55 bits per heavy atom. The fourth-order valence-corrected chi connectivity index (χ4v) is 3.35. The van der Waals surface area contributed by atoms with Crippen molar-refractivity contribution in [1.82, 2.24) is 20.6 Å². The van der Waals surface area contributed by atoms with Gasteiger partial charge < -0.3 is 20.0 Å². The maximum absolute atomic E-state index is 12.2. The van der Waals surface area contributed by atoms with Gasteiger partial charge in [0, 0.05) is 25.2 Å². The van der Waals surface area contributed by atoms with Gasteiger partial charge in [-0.05, 0) is 24.3 Å². The Labute approximate surface area is 133 Å². The lowest BCUT2D eigenvalue weighted by Gasteiger charge is -2.22. The molecule has 1 aliphatic rings. The molecule has 3 N–H and O–H groups in total. The highest BCUT2D eigenvalue weighted by molar-refractivity contribution is 7.98. The molecule has 0 radical (unpaired) electrons. The summed E-state index contributed by atoms with van der Waals surface area (Å²) in [4.78, 5) is 19.6. The zero-order chi connectivity index (χ0) is 15.2. The van der Waals surface area contributed by atoms with Gasteiger partial charge >= 0.3 is 0 Å². The molecule has 0 saturated carbocycles. The number of hydrogen-bond acceptors (Lipinski definition) is 5. The minimum Gasteiger partial charge on any atom is -0.468 e. The highest BCUT2D eigenvalue weighted by atomic mass is 32.2. The second-order valence-corrected chi connectivity index (χ2v) is 6.29. The fraction of sp³-hybridized carbons (Fsp3) is 0.467. The third-order valence-corrected chi connectivity index (χ3v) is 4.67. The number of nitrogens with one attached hydrogen (secondary N) is 3. The van der Waals surface area contributed by atoms with Crippen LogP contribution in [0.2, 0.25) is 0 Å². The molecule has 1 unspecified atom stereocenters. The average molecular weight is 320 g/mol. The van der Waals surface area contributed by atoms with Crippen molar-refractivity contribution in [2.24, 2.45) is 0 Å². The number of carbonyl (C=O) groups excluding carboxylic acids is 1. The lowest BCUT2D eigenvalue weighted by Crippen LogP contribution is -2.41. The van der Waals surface area contributed by atoms with Crippen LogP contribution in [-0.2, 0) is 17.0 Å². The molecular formula is C15H20N4O2S. The van der Waals surface area contributed by atoms with Gasteiger partial charge in [-0.2, -0.15) is 11.8 Å². The largest absolute Gasteiger partial charge is 0.468 e. The van der Waals surface area contributed by atoms with Gasteiger partial charge in [-0.25, -0.2) is 4.98 Å². The van der Waals surface area contributed by atoms with Gasteiger partial charge in [-0.3, -0.25) is 4.79 Å². The molecule has 0 spiro atoms. The van der Waals surface area contributed by atoms with Crippen LogP contribution >= 0.6 is 11.8 Å². The number of thioether (sulfide) groups is 1. The molecule has 0 aliphatic carbocycles. The molecule has 22 heavy (non-hydrogen) atoms. The molecule has 0 saturated heterocycles. The van der Waals surface area contributed by atoms with E-state index in [1.807, 2.05) is 23.9 Å². The Morgan fingerprint density at radius 2 is 2.50 bits per heavy atom. The van der Waals surface area contributed by atoms with Crippen molar-refractivity contribution in [1.29, 1.82) is 0 Å². The second kappa shape index (κ2) is 7.51. The standard InChI is InChI=1S/C15H20N4O2S/c20-15(14-13-12(4-6-16-14)18-10-19-13)17-5-2-8-22-9-11-3-1-7-21-11/h1,3,7,10,14,16H,2,4-6,8-9H2,(H,17,20)(H,18,19). The molecule has 2 aromatic rings. The minimum absolute atomic E-state index is 0.00378. The molecule has 1 aliphatic heterocycles. The number of aromatic amines is 1. The van der Waals surface area contributed by atoms with Crippen molar-refractivity contribution in [3.05, 3.63) is 41.9 Å². The van der Waals surface area contributed by atoms with E-state index in [9.17, 15) is 4.79 Å². The van der Waals surface area contributed by atoms with Crippen molar-refractivity contribution in [3.8, 4) is 0 Å². The van der Waals surface area contributed by atoms with Crippen molar-refractivity contribution < 1.29 is 9.21 Å². The van der Waals surface area contributed by atoms with Crippen LogP contribution in [-0.4, -0.2) is 34.7 Å². The topological polar surface area (TPSA) is 83.0 Å². The van der Waals surface area contributed by atoms with Crippen LogP contribution in [0.5, 0.6) is 0 Å². The van der Waals surface area contributed by atoms with E-state index in [2.05, 4.69) is 20.6 Å². The average Bonchev–Trinajstić information content (AvgIpc) is 3.20. The predicted octanol–water partition coefficient (Wildman–Crippen LogP) is 1.63. The van der Waals surface area contributed by atoms with Crippen molar-refractivity contribution in [3.63, 3.8) is 0 Å². The Hall–Kier alpha value is -1.73. The van der Waals surface area contributed by atoms with E-state index < -0.39 is 0 Å². The quantitative estimate of drug-likeness (QED) is 0.675. The Bertz CT molecular complexity index is 596. The molecule has 3 heterocycles. The number of amides is 1. The molecule has 1 atom stereocenters. The molecule has 0 bridgehead atoms. The lowest BCUT2D eigenvalue weighted by molar-refractivity contribution is -0.123. The van der Waals surface area contributed by atoms with Crippen LogP contribution < -0.4 is 10.6 Å². The van der Waals surface area contributed by atoms with Gasteiger partial charge in [0.2, 0.25) is 5.91 Å². The van der Waals surface area contributed by atoms with Crippen LogP contribution in [0.15, 0.2) is 29.1 Å². The van der Waals surface area contributed by atoms with Crippen LogP contribution in [0.25, 0.3) is 0 Å². The van der Waals surface area contributed by atoms with Crippen LogP contribution in [0.4, 0.5) is 0 Å². The first-order valence-electron chi connectivity index (χ1n) is 7.48. The lowest BCUT2D eigenvalue weighted by atomic mass is 10.1. The molecule has 0 fully saturated rings. The fourth-order valence-electron chi connectivity index (χ4n) is 2.49. The zero-order valence-corrected chi connectivity index (χ0v) is 13.1. The van der Waals surface area contributed by atoms with E-state index in [1.165, 1.54) is 0 Å². The molecule has 1 amide bonds. The summed E-state index contributed by atoms with van der Waals surface area (Å²) in [5, 5.41) is 6.20. The van der Waals surface area contributed by atoms with E-state index in [0.717, 1.165) is 48.0 Å². The van der Waals surface area contributed by atoms with Crippen LogP contribution in [0.3, 0.4) is 0 Å². The number of H-pyrrole nitrogens is 1. The molecular weight excluding hydrogens is 300 g/mol. The summed E-state index contributed by atoms with van der Waals surface area (Å²) in [7, 11) is 0. The van der Waals surface area contributed by atoms with Gasteiger partial charge in [0.05, 0.1) is 24.0 Å². The number of fused-ring (bicyclic) bond motifs is 1. The maximum atomic E-state index is 12.2. The number of aromatic nitrogens is 2. The first-order valence-corrected chi connectivity index (χ1v) is 8.63. The van der Waals surface area contributed by atoms with Gasteiger partial charge in [0.25, 0.3) is 0 Å². The Balaban J connectivity index is 1.35. The summed E-state index contributed by atoms with van der Waals surface area (Å²) < 4.78 is 5.27. The first-order chi connectivity index (χ1) is 10.8. The van der Waals surface area contributed by atoms with Gasteiger partial charge in [-0.1, -0.05) is 0 Å². The number of nitrogens with zero attached hydrogens (tertiary/aromatic N) is 1. The van der Waals surface area contributed by atoms with Crippen molar-refractivity contribution in [2.75, 3.05) is 18.8 Å². The van der Waals surface area contributed by atoms with Crippen molar-refractivity contribution in [2.45, 2.75) is 24.6 Å². The summed E-state index contributed by atoms with van der Waals surface area (Å²) in [6.45, 7) is 1.48. The third-order valence-electron chi connectivity index (χ3n) is 3.60. The maximum Gasteiger partial charge on any atom is 0.243 e. The van der Waals surface area contributed by atoms with Crippen LogP contribution in [0.1, 0.15) is 29.6 Å². The summed E-state index contributed by atoms with van der Waals surface area (Å²) in [5.74, 6) is 2.87. The van der Waals surface area contributed by atoms with Gasteiger partial charge in [0.15, 0.2) is 0 Å². The number of hydrogen-bond donors (Lipinski definition) is 3. The normalized spacial score (nSPS) is 17.2. The number of carbonyl (C=O) groups is 1. The number of rotatable bonds is 7. The van der Waals surface area contributed by atoms with Crippen molar-refractivity contribution >= 4 is 17.7 Å². The smallest absolute Gasteiger partial charge is 0.243 e. The summed E-state index contributed by atoms with van der Waals surface area (Å²) >= 11 is 1.81. The van der Waals surface area contributed by atoms with Crippen LogP contribution in [0, 0.1) is 0 Å². The van der Waals surface area contributed by atoms with E-state index in [0.29, 0.717) is 6.54 Å². The number of imidazole rings is 1. The molecule has 7 heteroatoms. The first kappa shape index (κ1) is 15.2. The second-order valence-electron chi connectivity index (χ2n) is 5.18. The Kier molecular flexibility index (Phi) is 5.18. The predicted molar refractivity (Wildman–Crippen MR) is 85.5 cm³/mol. The summed E-state index contributed by atoms with van der Waals surface area (Å²) in [6, 6.07) is 3.55.